The molecule has 2 N–H and O–H groups in total. The molecule has 2 aromatic carbocycles. The van der Waals surface area contributed by atoms with Crippen molar-refractivity contribution in [2.45, 2.75) is 30.6 Å². The number of H-pyrrole nitrogens is 1. The summed E-state index contributed by atoms with van der Waals surface area (Å²) in [5.74, 6) is -0.492. The van der Waals surface area contributed by atoms with E-state index in [-0.39, 0.29) is 18.1 Å². The SMILES string of the molecule is O=C(CCS(=O)(=O)c1ccc2c(c1)CCC2)Nc1ccc2[nH]ccc2c1. The van der Waals surface area contributed by atoms with Crippen LogP contribution in [0.3, 0.4) is 0 Å². The molecule has 0 spiro atoms. The van der Waals surface area contributed by atoms with Crippen LogP contribution >= 0.6 is 0 Å². The van der Waals surface area contributed by atoms with Gasteiger partial charge in [0.25, 0.3) is 0 Å². The predicted molar refractivity (Wildman–Crippen MR) is 102 cm³/mol. The first-order valence-corrected chi connectivity index (χ1v) is 10.4. The largest absolute Gasteiger partial charge is 0.361 e. The summed E-state index contributed by atoms with van der Waals surface area (Å²) in [7, 11) is -3.46. The Balaban J connectivity index is 1.41. The Morgan fingerprint density at radius 1 is 1.04 bits per heavy atom. The van der Waals surface area contributed by atoms with E-state index in [1.165, 1.54) is 5.56 Å². The standard InChI is InChI=1S/C20H20N2O3S/c23-20(22-17-5-7-19-16(12-17)8-10-21-19)9-11-26(24,25)18-6-4-14-2-1-3-15(14)13-18/h4-8,10,12-13,21H,1-3,9,11H2,(H,22,23). The Morgan fingerprint density at radius 2 is 1.88 bits per heavy atom. The molecule has 0 unspecified atom stereocenters. The molecule has 1 amide bonds. The maximum absolute atomic E-state index is 12.5. The van der Waals surface area contributed by atoms with Crippen LogP contribution in [0.2, 0.25) is 0 Å². The van der Waals surface area contributed by atoms with Gasteiger partial charge in [0.1, 0.15) is 0 Å². The van der Waals surface area contributed by atoms with Gasteiger partial charge in [0.05, 0.1) is 10.6 Å². The quantitative estimate of drug-likeness (QED) is 0.724. The van der Waals surface area contributed by atoms with Gasteiger partial charge < -0.3 is 10.3 Å². The first-order valence-electron chi connectivity index (χ1n) is 8.73. The molecule has 0 saturated heterocycles. The highest BCUT2D eigenvalue weighted by atomic mass is 32.2. The number of nitrogens with one attached hydrogen (secondary N) is 2. The second-order valence-corrected chi connectivity index (χ2v) is 8.79. The molecule has 26 heavy (non-hydrogen) atoms. The van der Waals surface area contributed by atoms with Gasteiger partial charge in [0.15, 0.2) is 9.84 Å². The van der Waals surface area contributed by atoms with E-state index in [0.717, 1.165) is 35.7 Å². The number of aryl methyl sites for hydroxylation is 2. The molecule has 0 radical (unpaired) electrons. The number of aromatic nitrogens is 1. The van der Waals surface area contributed by atoms with Gasteiger partial charge >= 0.3 is 0 Å². The smallest absolute Gasteiger partial charge is 0.225 e. The van der Waals surface area contributed by atoms with Gasteiger partial charge in [-0.3, -0.25) is 4.79 Å². The molecule has 1 heterocycles. The zero-order valence-corrected chi connectivity index (χ0v) is 15.1. The van der Waals surface area contributed by atoms with E-state index in [2.05, 4.69) is 10.3 Å². The summed E-state index contributed by atoms with van der Waals surface area (Å²) in [4.78, 5) is 15.6. The average Bonchev–Trinajstić information content (AvgIpc) is 3.27. The lowest BCUT2D eigenvalue weighted by Gasteiger charge is -2.08. The van der Waals surface area contributed by atoms with Crippen LogP contribution in [-0.2, 0) is 27.5 Å². The van der Waals surface area contributed by atoms with E-state index in [9.17, 15) is 13.2 Å². The van der Waals surface area contributed by atoms with Gasteiger partial charge in [-0.1, -0.05) is 6.07 Å². The number of hydrogen-bond donors (Lipinski definition) is 2. The van der Waals surface area contributed by atoms with Crippen LogP contribution in [0.25, 0.3) is 10.9 Å². The molecular formula is C20H20N2O3S. The van der Waals surface area contributed by atoms with Gasteiger partial charge in [0, 0.05) is 29.2 Å². The molecule has 0 bridgehead atoms. The van der Waals surface area contributed by atoms with Crippen LogP contribution in [0, 0.1) is 0 Å². The van der Waals surface area contributed by atoms with Crippen molar-refractivity contribution in [2.75, 3.05) is 11.1 Å². The number of amides is 1. The fraction of sp³-hybridized carbons (Fsp3) is 0.250. The number of fused-ring (bicyclic) bond motifs is 2. The fourth-order valence-corrected chi connectivity index (χ4v) is 4.73. The number of benzene rings is 2. The van der Waals surface area contributed by atoms with Crippen LogP contribution in [0.1, 0.15) is 24.0 Å². The number of aromatic amines is 1. The van der Waals surface area contributed by atoms with Crippen LogP contribution in [0.15, 0.2) is 53.6 Å². The third kappa shape index (κ3) is 3.37. The maximum atomic E-state index is 12.5. The highest BCUT2D eigenvalue weighted by molar-refractivity contribution is 7.91. The van der Waals surface area contributed by atoms with Crippen molar-refractivity contribution in [1.82, 2.24) is 4.98 Å². The normalized spacial score (nSPS) is 13.7. The van der Waals surface area contributed by atoms with E-state index in [4.69, 9.17) is 0 Å². The van der Waals surface area contributed by atoms with Crippen LogP contribution < -0.4 is 5.32 Å². The summed E-state index contributed by atoms with van der Waals surface area (Å²) in [6.45, 7) is 0. The molecule has 4 rings (SSSR count). The van der Waals surface area contributed by atoms with Gasteiger partial charge in [-0.05, 0) is 66.8 Å². The average molecular weight is 368 g/mol. The zero-order valence-electron chi connectivity index (χ0n) is 14.3. The highest BCUT2D eigenvalue weighted by Gasteiger charge is 2.20. The van der Waals surface area contributed by atoms with Crippen molar-refractivity contribution in [1.29, 1.82) is 0 Å². The molecule has 134 valence electrons. The topological polar surface area (TPSA) is 79.0 Å². The Morgan fingerprint density at radius 3 is 2.77 bits per heavy atom. The van der Waals surface area contributed by atoms with Crippen molar-refractivity contribution < 1.29 is 13.2 Å². The molecule has 5 nitrogen and oxygen atoms in total. The van der Waals surface area contributed by atoms with Gasteiger partial charge in [0.2, 0.25) is 5.91 Å². The van der Waals surface area contributed by atoms with E-state index >= 15 is 0 Å². The number of rotatable bonds is 5. The zero-order chi connectivity index (χ0) is 18.1. The molecular weight excluding hydrogens is 348 g/mol. The second kappa shape index (κ2) is 6.61. The van der Waals surface area contributed by atoms with Crippen LogP contribution in [0.5, 0.6) is 0 Å². The molecule has 3 aromatic rings. The van der Waals surface area contributed by atoms with Crippen molar-refractivity contribution in [2.24, 2.45) is 0 Å². The van der Waals surface area contributed by atoms with Gasteiger partial charge in [-0.15, -0.1) is 0 Å². The Hall–Kier alpha value is -2.60. The maximum Gasteiger partial charge on any atom is 0.225 e. The summed E-state index contributed by atoms with van der Waals surface area (Å²) in [6.07, 6.45) is 4.79. The second-order valence-electron chi connectivity index (χ2n) is 6.68. The first-order chi connectivity index (χ1) is 12.5. The summed E-state index contributed by atoms with van der Waals surface area (Å²) >= 11 is 0. The molecule has 1 aromatic heterocycles. The first kappa shape index (κ1) is 16.8. The molecule has 0 saturated carbocycles. The number of hydrogen-bond acceptors (Lipinski definition) is 3. The lowest BCUT2D eigenvalue weighted by Crippen LogP contribution is -2.17. The third-order valence-electron chi connectivity index (χ3n) is 4.86. The molecule has 6 heteroatoms. The van der Waals surface area contributed by atoms with Crippen molar-refractivity contribution in [3.8, 4) is 0 Å². The lowest BCUT2D eigenvalue weighted by molar-refractivity contribution is -0.115. The molecule has 0 fully saturated rings. The van der Waals surface area contributed by atoms with Crippen molar-refractivity contribution in [3.63, 3.8) is 0 Å². The minimum absolute atomic E-state index is 0.0649. The molecule has 1 aliphatic carbocycles. The predicted octanol–water partition coefficient (Wildman–Crippen LogP) is 3.46. The minimum atomic E-state index is -3.46. The summed E-state index contributed by atoms with van der Waals surface area (Å²) in [6, 6.07) is 12.8. The molecule has 0 atom stereocenters. The lowest BCUT2D eigenvalue weighted by atomic mass is 10.1. The van der Waals surface area contributed by atoms with E-state index in [1.807, 2.05) is 30.5 Å². The number of anilines is 1. The number of sulfone groups is 1. The Labute approximate surface area is 152 Å². The van der Waals surface area contributed by atoms with Crippen LogP contribution in [0.4, 0.5) is 5.69 Å². The van der Waals surface area contributed by atoms with Gasteiger partial charge in [-0.25, -0.2) is 8.42 Å². The Bertz CT molecular complexity index is 1080. The fourth-order valence-electron chi connectivity index (χ4n) is 3.44. The monoisotopic (exact) mass is 368 g/mol. The minimum Gasteiger partial charge on any atom is -0.361 e. The molecule has 0 aliphatic heterocycles. The Kier molecular flexibility index (Phi) is 4.28. The summed E-state index contributed by atoms with van der Waals surface area (Å²) < 4.78 is 25.1. The van der Waals surface area contributed by atoms with Crippen molar-refractivity contribution in [3.05, 3.63) is 59.8 Å². The van der Waals surface area contributed by atoms with E-state index in [1.54, 1.807) is 18.2 Å². The third-order valence-corrected chi connectivity index (χ3v) is 6.58. The van der Waals surface area contributed by atoms with Crippen LogP contribution in [-0.4, -0.2) is 25.1 Å². The summed E-state index contributed by atoms with van der Waals surface area (Å²) in [5, 5.41) is 3.77. The number of carbonyl (C=O) groups is 1. The highest BCUT2D eigenvalue weighted by Crippen LogP contribution is 2.25. The number of carbonyl (C=O) groups excluding carboxylic acids is 1. The van der Waals surface area contributed by atoms with E-state index < -0.39 is 9.84 Å². The van der Waals surface area contributed by atoms with Gasteiger partial charge in [-0.2, -0.15) is 0 Å². The van der Waals surface area contributed by atoms with E-state index in [0.29, 0.717) is 10.6 Å². The van der Waals surface area contributed by atoms with Crippen molar-refractivity contribution >= 4 is 32.3 Å². The summed E-state index contributed by atoms with van der Waals surface area (Å²) in [5.41, 5.74) is 4.01. The molecule has 1 aliphatic rings.